The molecular formula is C18H24Cl2N4O2. The minimum Gasteiger partial charge on any atom is -0.355 e. The van der Waals surface area contributed by atoms with Crippen molar-refractivity contribution in [1.82, 2.24) is 10.3 Å². The molecule has 2 amide bonds. The lowest BCUT2D eigenvalue weighted by molar-refractivity contribution is -0.125. The van der Waals surface area contributed by atoms with Crippen LogP contribution in [0.15, 0.2) is 54.9 Å². The summed E-state index contributed by atoms with van der Waals surface area (Å²) in [5.41, 5.74) is 7.72. The number of pyridine rings is 1. The van der Waals surface area contributed by atoms with Crippen molar-refractivity contribution in [2.45, 2.75) is 19.4 Å². The van der Waals surface area contributed by atoms with Crippen LogP contribution in [0.1, 0.15) is 24.9 Å². The molecule has 0 saturated heterocycles. The van der Waals surface area contributed by atoms with Crippen molar-refractivity contribution in [2.24, 2.45) is 11.7 Å². The summed E-state index contributed by atoms with van der Waals surface area (Å²) in [6, 6.07) is 12.5. The highest BCUT2D eigenvalue weighted by atomic mass is 35.5. The van der Waals surface area contributed by atoms with Gasteiger partial charge < -0.3 is 16.4 Å². The Morgan fingerprint density at radius 1 is 1.08 bits per heavy atom. The molecule has 0 saturated carbocycles. The van der Waals surface area contributed by atoms with Gasteiger partial charge in [0.1, 0.15) is 0 Å². The summed E-state index contributed by atoms with van der Waals surface area (Å²) in [4.78, 5) is 27.9. The van der Waals surface area contributed by atoms with Crippen LogP contribution < -0.4 is 16.4 Å². The summed E-state index contributed by atoms with van der Waals surface area (Å²) in [5.74, 6) is -0.708. The molecule has 1 aromatic carbocycles. The fraction of sp³-hybridized carbons (Fsp3) is 0.278. The number of amides is 2. The Kier molecular flexibility index (Phi) is 11.2. The van der Waals surface area contributed by atoms with E-state index in [1.54, 1.807) is 31.5 Å². The maximum atomic E-state index is 12.2. The standard InChI is InChI=1S/C18H22N4O2.2ClH/c1-13(17(19)14-5-3-2-4-6-14)18(24)21-12-9-16(23)22-15-7-10-20-11-8-15;;/h2-8,10-11,13,17H,9,12,19H2,1H3,(H,21,24)(H,20,22,23);2*1H. The normalized spacial score (nSPS) is 11.9. The second-order valence-corrected chi connectivity index (χ2v) is 5.55. The maximum Gasteiger partial charge on any atom is 0.226 e. The molecule has 0 spiro atoms. The van der Waals surface area contributed by atoms with Gasteiger partial charge in [-0.2, -0.15) is 0 Å². The first-order chi connectivity index (χ1) is 11.6. The van der Waals surface area contributed by atoms with Gasteiger partial charge in [-0.1, -0.05) is 37.3 Å². The first kappa shape index (κ1) is 23.9. The highest BCUT2D eigenvalue weighted by Gasteiger charge is 2.21. The highest BCUT2D eigenvalue weighted by molar-refractivity contribution is 5.91. The fourth-order valence-electron chi connectivity index (χ4n) is 2.25. The van der Waals surface area contributed by atoms with E-state index in [0.29, 0.717) is 5.69 Å². The average molecular weight is 399 g/mol. The number of nitrogens with zero attached hydrogens (tertiary/aromatic N) is 1. The molecule has 2 aromatic rings. The third-order valence-corrected chi connectivity index (χ3v) is 3.75. The quantitative estimate of drug-likeness (QED) is 0.667. The molecule has 0 aliphatic rings. The van der Waals surface area contributed by atoms with Crippen LogP contribution >= 0.6 is 24.8 Å². The van der Waals surface area contributed by atoms with Crippen LogP contribution in [0.4, 0.5) is 5.69 Å². The number of hydrogen-bond donors (Lipinski definition) is 3. The van der Waals surface area contributed by atoms with Gasteiger partial charge >= 0.3 is 0 Å². The molecule has 142 valence electrons. The molecule has 8 heteroatoms. The van der Waals surface area contributed by atoms with Crippen LogP contribution in [0.2, 0.25) is 0 Å². The van der Waals surface area contributed by atoms with Crippen LogP contribution in [0.5, 0.6) is 0 Å². The molecule has 1 aromatic heterocycles. The van der Waals surface area contributed by atoms with Gasteiger partial charge in [-0.05, 0) is 17.7 Å². The number of carbonyl (C=O) groups excluding carboxylic acids is 2. The largest absolute Gasteiger partial charge is 0.355 e. The number of nitrogens with two attached hydrogens (primary N) is 1. The lowest BCUT2D eigenvalue weighted by Crippen LogP contribution is -2.36. The van der Waals surface area contributed by atoms with Crippen molar-refractivity contribution >= 4 is 42.3 Å². The minimum absolute atomic E-state index is 0. The van der Waals surface area contributed by atoms with Gasteiger partial charge in [0.15, 0.2) is 0 Å². The van der Waals surface area contributed by atoms with Crippen LogP contribution in [0, 0.1) is 5.92 Å². The van der Waals surface area contributed by atoms with Gasteiger partial charge in [-0.15, -0.1) is 24.8 Å². The smallest absolute Gasteiger partial charge is 0.226 e. The van der Waals surface area contributed by atoms with E-state index in [4.69, 9.17) is 5.73 Å². The number of aromatic nitrogens is 1. The molecule has 0 aliphatic heterocycles. The predicted molar refractivity (Wildman–Crippen MR) is 108 cm³/mol. The first-order valence-corrected chi connectivity index (χ1v) is 7.86. The van der Waals surface area contributed by atoms with E-state index in [-0.39, 0.29) is 61.6 Å². The number of carbonyl (C=O) groups is 2. The lowest BCUT2D eigenvalue weighted by Gasteiger charge is -2.19. The second kappa shape index (κ2) is 12.2. The number of hydrogen-bond acceptors (Lipinski definition) is 4. The van der Waals surface area contributed by atoms with Crippen LogP contribution in [0.25, 0.3) is 0 Å². The van der Waals surface area contributed by atoms with Gasteiger partial charge in [0.25, 0.3) is 0 Å². The van der Waals surface area contributed by atoms with E-state index < -0.39 is 0 Å². The number of nitrogens with one attached hydrogen (secondary N) is 2. The van der Waals surface area contributed by atoms with Crippen LogP contribution in [-0.2, 0) is 9.59 Å². The number of rotatable bonds is 7. The Labute approximate surface area is 165 Å². The molecule has 2 atom stereocenters. The molecule has 6 nitrogen and oxygen atoms in total. The van der Waals surface area contributed by atoms with E-state index in [1.807, 2.05) is 30.3 Å². The Balaban J connectivity index is 0.00000312. The molecule has 4 N–H and O–H groups in total. The predicted octanol–water partition coefficient (Wildman–Crippen LogP) is 2.71. The summed E-state index contributed by atoms with van der Waals surface area (Å²) in [6.07, 6.45) is 3.40. The number of benzene rings is 1. The van der Waals surface area contributed by atoms with E-state index in [0.717, 1.165) is 5.56 Å². The molecule has 2 unspecified atom stereocenters. The summed E-state index contributed by atoms with van der Waals surface area (Å²) in [6.45, 7) is 2.05. The molecule has 0 bridgehead atoms. The van der Waals surface area contributed by atoms with Crippen molar-refractivity contribution in [3.05, 3.63) is 60.4 Å². The van der Waals surface area contributed by atoms with Gasteiger partial charge in [0, 0.05) is 37.1 Å². The zero-order valence-electron chi connectivity index (χ0n) is 14.4. The molecular weight excluding hydrogens is 375 g/mol. The lowest BCUT2D eigenvalue weighted by atomic mass is 9.95. The molecule has 26 heavy (non-hydrogen) atoms. The van der Waals surface area contributed by atoms with Crippen molar-refractivity contribution in [3.63, 3.8) is 0 Å². The van der Waals surface area contributed by atoms with Gasteiger partial charge in [0.05, 0.1) is 5.92 Å². The van der Waals surface area contributed by atoms with Crippen molar-refractivity contribution < 1.29 is 9.59 Å². The molecule has 1 heterocycles. The van der Waals surface area contributed by atoms with E-state index in [1.165, 1.54) is 0 Å². The van der Waals surface area contributed by atoms with Gasteiger partial charge in [-0.3, -0.25) is 14.6 Å². The fourth-order valence-corrected chi connectivity index (χ4v) is 2.25. The topological polar surface area (TPSA) is 97.1 Å². The molecule has 0 radical (unpaired) electrons. The zero-order chi connectivity index (χ0) is 17.4. The van der Waals surface area contributed by atoms with Crippen molar-refractivity contribution in [3.8, 4) is 0 Å². The number of anilines is 1. The summed E-state index contributed by atoms with van der Waals surface area (Å²) >= 11 is 0. The third-order valence-electron chi connectivity index (χ3n) is 3.75. The SMILES string of the molecule is CC(C(=O)NCCC(=O)Nc1ccncc1)C(N)c1ccccc1.Cl.Cl. The Morgan fingerprint density at radius 3 is 2.31 bits per heavy atom. The van der Waals surface area contributed by atoms with Crippen LogP contribution in [-0.4, -0.2) is 23.3 Å². The molecule has 0 fully saturated rings. The molecule has 0 aliphatic carbocycles. The highest BCUT2D eigenvalue weighted by Crippen LogP contribution is 2.18. The monoisotopic (exact) mass is 398 g/mol. The summed E-state index contributed by atoms with van der Waals surface area (Å²) < 4.78 is 0. The number of halogens is 2. The van der Waals surface area contributed by atoms with Gasteiger partial charge in [0.2, 0.25) is 11.8 Å². The van der Waals surface area contributed by atoms with E-state index >= 15 is 0 Å². The van der Waals surface area contributed by atoms with Crippen molar-refractivity contribution in [2.75, 3.05) is 11.9 Å². The Morgan fingerprint density at radius 2 is 1.69 bits per heavy atom. The maximum absolute atomic E-state index is 12.2. The second-order valence-electron chi connectivity index (χ2n) is 5.55. The van der Waals surface area contributed by atoms with Gasteiger partial charge in [-0.25, -0.2) is 0 Å². The van der Waals surface area contributed by atoms with Crippen LogP contribution in [0.3, 0.4) is 0 Å². The molecule has 2 rings (SSSR count). The Bertz CT molecular complexity index is 671. The first-order valence-electron chi connectivity index (χ1n) is 7.86. The van der Waals surface area contributed by atoms with E-state index in [2.05, 4.69) is 15.6 Å². The summed E-state index contributed by atoms with van der Waals surface area (Å²) in [7, 11) is 0. The zero-order valence-corrected chi connectivity index (χ0v) is 16.1. The third kappa shape index (κ3) is 7.39. The van der Waals surface area contributed by atoms with Crippen molar-refractivity contribution in [1.29, 1.82) is 0 Å². The minimum atomic E-state index is -0.379. The Hall–Kier alpha value is -2.15. The summed E-state index contributed by atoms with van der Waals surface area (Å²) in [5, 5.41) is 5.50. The van der Waals surface area contributed by atoms with E-state index in [9.17, 15) is 9.59 Å². The average Bonchev–Trinajstić information content (AvgIpc) is 2.62.